The third kappa shape index (κ3) is 3.63. The second-order valence-electron chi connectivity index (χ2n) is 5.19. The van der Waals surface area contributed by atoms with Gasteiger partial charge in [-0.3, -0.25) is 0 Å². The molecule has 3 atom stereocenters. The zero-order chi connectivity index (χ0) is 12.3. The average molecular weight is 271 g/mol. The van der Waals surface area contributed by atoms with Crippen molar-refractivity contribution in [1.82, 2.24) is 0 Å². The second-order valence-corrected chi connectivity index (χ2v) is 6.19. The minimum Gasteiger partial charge on any atom is -0.123 e. The van der Waals surface area contributed by atoms with Gasteiger partial charge >= 0.3 is 0 Å². The van der Waals surface area contributed by atoms with Crippen molar-refractivity contribution < 1.29 is 0 Å². The molecule has 1 aromatic rings. The summed E-state index contributed by atoms with van der Waals surface area (Å²) in [5, 5.41) is 1.17. The topological polar surface area (TPSA) is 0 Å². The summed E-state index contributed by atoms with van der Waals surface area (Å²) in [6.07, 6.45) is 6.16. The summed E-state index contributed by atoms with van der Waals surface area (Å²) in [6.45, 7) is 2.29. The lowest BCUT2D eigenvalue weighted by Crippen LogP contribution is -2.26. The van der Waals surface area contributed by atoms with Gasteiger partial charge in [-0.25, -0.2) is 0 Å². The Labute approximate surface area is 114 Å². The molecule has 0 spiro atoms. The first-order chi connectivity index (χ1) is 8.19. The van der Waals surface area contributed by atoms with E-state index in [1.165, 1.54) is 31.2 Å². The molecule has 94 valence electrons. The smallest absolute Gasteiger partial charge is 0.0406 e. The lowest BCUT2D eigenvalue weighted by molar-refractivity contribution is 0.265. The first kappa shape index (κ1) is 13.2. The van der Waals surface area contributed by atoms with E-state index in [2.05, 4.69) is 19.1 Å². The molecule has 1 aromatic carbocycles. The third-order valence-corrected chi connectivity index (χ3v) is 4.81. The number of hydrogen-bond donors (Lipinski definition) is 0. The maximum absolute atomic E-state index is 6.46. The van der Waals surface area contributed by atoms with Crippen LogP contribution in [0.25, 0.3) is 0 Å². The number of benzene rings is 1. The molecule has 17 heavy (non-hydrogen) atoms. The van der Waals surface area contributed by atoms with Gasteiger partial charge in [-0.15, -0.1) is 11.6 Å². The fourth-order valence-corrected chi connectivity index (χ4v) is 3.27. The molecule has 3 unspecified atom stereocenters. The Morgan fingerprint density at radius 2 is 1.88 bits per heavy atom. The Hall–Kier alpha value is -0.200. The molecule has 0 aromatic heterocycles. The van der Waals surface area contributed by atoms with Crippen LogP contribution in [0.2, 0.25) is 5.02 Å². The van der Waals surface area contributed by atoms with E-state index in [0.29, 0.717) is 11.3 Å². The maximum atomic E-state index is 6.46. The van der Waals surface area contributed by atoms with Crippen molar-refractivity contribution in [3.05, 3.63) is 34.9 Å². The highest BCUT2D eigenvalue weighted by molar-refractivity contribution is 6.30. The highest BCUT2D eigenvalue weighted by Crippen LogP contribution is 2.36. The summed E-state index contributed by atoms with van der Waals surface area (Å²) in [5.74, 6) is 1.51. The summed E-state index contributed by atoms with van der Waals surface area (Å²) < 4.78 is 0. The molecule has 1 aliphatic rings. The van der Waals surface area contributed by atoms with Gasteiger partial charge in [0, 0.05) is 10.4 Å². The molecule has 1 fully saturated rings. The fraction of sp³-hybridized carbons (Fsp3) is 0.600. The van der Waals surface area contributed by atoms with Crippen LogP contribution >= 0.6 is 23.2 Å². The van der Waals surface area contributed by atoms with Crippen molar-refractivity contribution in [2.75, 3.05) is 0 Å². The van der Waals surface area contributed by atoms with E-state index in [1.807, 2.05) is 12.1 Å². The molecular weight excluding hydrogens is 251 g/mol. The lowest BCUT2D eigenvalue weighted by atomic mass is 9.77. The average Bonchev–Trinajstić information content (AvgIpc) is 2.35. The van der Waals surface area contributed by atoms with E-state index in [1.54, 1.807) is 0 Å². The maximum Gasteiger partial charge on any atom is 0.0406 e. The summed E-state index contributed by atoms with van der Waals surface area (Å²) in [7, 11) is 0. The van der Waals surface area contributed by atoms with Gasteiger partial charge in [0.2, 0.25) is 0 Å². The molecule has 0 nitrogen and oxygen atoms in total. The van der Waals surface area contributed by atoms with Crippen molar-refractivity contribution >= 4 is 23.2 Å². The molecule has 1 aliphatic carbocycles. The lowest BCUT2D eigenvalue weighted by Gasteiger charge is -2.32. The first-order valence-corrected chi connectivity index (χ1v) is 7.39. The highest BCUT2D eigenvalue weighted by atomic mass is 35.5. The first-order valence-electron chi connectivity index (χ1n) is 6.57. The van der Waals surface area contributed by atoms with Crippen LogP contribution < -0.4 is 0 Å². The van der Waals surface area contributed by atoms with Gasteiger partial charge in [0.1, 0.15) is 0 Å². The minimum absolute atomic E-state index is 0.355. The van der Waals surface area contributed by atoms with E-state index in [-0.39, 0.29) is 0 Å². The largest absolute Gasteiger partial charge is 0.123 e. The quantitative estimate of drug-likeness (QED) is 0.653. The van der Waals surface area contributed by atoms with Crippen LogP contribution in [-0.4, -0.2) is 5.38 Å². The van der Waals surface area contributed by atoms with E-state index < -0.39 is 0 Å². The fourth-order valence-electron chi connectivity index (χ4n) is 2.83. The molecule has 0 radical (unpaired) electrons. The summed E-state index contributed by atoms with van der Waals surface area (Å²) in [5.41, 5.74) is 1.36. The molecular formula is C15H20Cl2. The molecule has 0 saturated heterocycles. The Bertz CT molecular complexity index is 344. The monoisotopic (exact) mass is 270 g/mol. The zero-order valence-corrected chi connectivity index (χ0v) is 11.8. The van der Waals surface area contributed by atoms with Crippen LogP contribution in [0, 0.1) is 11.8 Å². The Kier molecular flexibility index (Phi) is 4.76. The van der Waals surface area contributed by atoms with Crippen LogP contribution in [0.15, 0.2) is 24.3 Å². The van der Waals surface area contributed by atoms with Crippen LogP contribution in [0.5, 0.6) is 0 Å². The highest BCUT2D eigenvalue weighted by Gasteiger charge is 2.28. The normalized spacial score (nSPS) is 29.2. The van der Waals surface area contributed by atoms with Crippen molar-refractivity contribution in [1.29, 1.82) is 0 Å². The number of rotatable bonds is 3. The van der Waals surface area contributed by atoms with E-state index in [4.69, 9.17) is 23.2 Å². The van der Waals surface area contributed by atoms with Gasteiger partial charge in [0.25, 0.3) is 0 Å². The van der Waals surface area contributed by atoms with Gasteiger partial charge in [0.05, 0.1) is 0 Å². The molecule has 0 N–H and O–H groups in total. The number of halogens is 2. The van der Waals surface area contributed by atoms with Gasteiger partial charge in [-0.1, -0.05) is 37.1 Å². The zero-order valence-electron chi connectivity index (χ0n) is 10.3. The molecule has 0 amide bonds. The third-order valence-electron chi connectivity index (χ3n) is 3.99. The van der Waals surface area contributed by atoms with E-state index in [9.17, 15) is 0 Å². The van der Waals surface area contributed by atoms with E-state index >= 15 is 0 Å². The predicted molar refractivity (Wildman–Crippen MR) is 75.9 cm³/mol. The molecule has 0 bridgehead atoms. The minimum atomic E-state index is 0.355. The van der Waals surface area contributed by atoms with Crippen molar-refractivity contribution in [3.63, 3.8) is 0 Å². The van der Waals surface area contributed by atoms with Gasteiger partial charge in [-0.2, -0.15) is 0 Å². The van der Waals surface area contributed by atoms with E-state index in [0.717, 1.165) is 17.4 Å². The van der Waals surface area contributed by atoms with Crippen molar-refractivity contribution in [3.8, 4) is 0 Å². The Balaban J connectivity index is 1.98. The van der Waals surface area contributed by atoms with Crippen LogP contribution in [0.1, 0.15) is 38.2 Å². The van der Waals surface area contributed by atoms with Crippen LogP contribution in [0.3, 0.4) is 0 Å². The molecule has 0 aliphatic heterocycles. The molecule has 2 rings (SSSR count). The van der Waals surface area contributed by atoms with Gasteiger partial charge in [0.15, 0.2) is 0 Å². The summed E-state index contributed by atoms with van der Waals surface area (Å²) in [4.78, 5) is 0. The van der Waals surface area contributed by atoms with Crippen molar-refractivity contribution in [2.24, 2.45) is 11.8 Å². The molecule has 0 heterocycles. The Morgan fingerprint density at radius 3 is 2.53 bits per heavy atom. The van der Waals surface area contributed by atoms with Crippen LogP contribution in [-0.2, 0) is 6.42 Å². The molecule has 2 heteroatoms. The van der Waals surface area contributed by atoms with Crippen molar-refractivity contribution in [2.45, 2.75) is 44.4 Å². The van der Waals surface area contributed by atoms with Crippen LogP contribution in [0.4, 0.5) is 0 Å². The SMILES string of the molecule is CCC1CCC(Cl)C(Cc2ccc(Cl)cc2)C1. The second kappa shape index (κ2) is 6.11. The standard InChI is InChI=1S/C15H20Cl2/c1-2-11-5-8-15(17)13(9-11)10-12-3-6-14(16)7-4-12/h3-4,6-7,11,13,15H,2,5,8-10H2,1H3. The summed E-state index contributed by atoms with van der Waals surface area (Å²) >= 11 is 12.4. The van der Waals surface area contributed by atoms with Gasteiger partial charge < -0.3 is 0 Å². The number of alkyl halides is 1. The molecule has 1 saturated carbocycles. The number of hydrogen-bond acceptors (Lipinski definition) is 0. The summed E-state index contributed by atoms with van der Waals surface area (Å²) in [6, 6.07) is 8.20. The Morgan fingerprint density at radius 1 is 1.18 bits per heavy atom. The predicted octanol–water partition coefficient (Wildman–Crippen LogP) is 5.32. The van der Waals surface area contributed by atoms with Gasteiger partial charge in [-0.05, 0) is 55.2 Å².